The number of aryl methyl sites for hydroxylation is 2. The summed E-state index contributed by atoms with van der Waals surface area (Å²) >= 11 is 0. The van der Waals surface area contributed by atoms with Crippen LogP contribution in [0.4, 0.5) is 5.82 Å². The summed E-state index contributed by atoms with van der Waals surface area (Å²) in [5.74, 6) is 0.993. The SMILES string of the molecule is COc1ccc(S(=O)(=O)Nc2cc(C)cc(C)n2)c(OC)c1. The second kappa shape index (κ2) is 6.23. The molecule has 1 N–H and O–H groups in total. The van der Waals surface area contributed by atoms with Gasteiger partial charge < -0.3 is 9.47 Å². The topological polar surface area (TPSA) is 77.5 Å². The van der Waals surface area contributed by atoms with E-state index in [1.807, 2.05) is 13.0 Å². The average Bonchev–Trinajstić information content (AvgIpc) is 2.44. The van der Waals surface area contributed by atoms with E-state index in [1.54, 1.807) is 19.1 Å². The predicted molar refractivity (Wildman–Crippen MR) is 84.1 cm³/mol. The van der Waals surface area contributed by atoms with Crippen molar-refractivity contribution in [1.29, 1.82) is 0 Å². The van der Waals surface area contributed by atoms with Gasteiger partial charge in [-0.25, -0.2) is 13.4 Å². The second-order valence-electron chi connectivity index (χ2n) is 4.79. The average molecular weight is 322 g/mol. The van der Waals surface area contributed by atoms with Crippen LogP contribution in [0.2, 0.25) is 0 Å². The van der Waals surface area contributed by atoms with Gasteiger partial charge in [-0.1, -0.05) is 0 Å². The lowest BCUT2D eigenvalue weighted by Crippen LogP contribution is -2.15. The fraction of sp³-hybridized carbons (Fsp3) is 0.267. The Hall–Kier alpha value is -2.28. The highest BCUT2D eigenvalue weighted by Gasteiger charge is 2.21. The molecule has 7 heteroatoms. The Morgan fingerprint density at radius 2 is 1.77 bits per heavy atom. The van der Waals surface area contributed by atoms with Crippen molar-refractivity contribution < 1.29 is 17.9 Å². The van der Waals surface area contributed by atoms with E-state index >= 15 is 0 Å². The molecule has 0 saturated carbocycles. The molecule has 0 bridgehead atoms. The number of nitrogens with zero attached hydrogens (tertiary/aromatic N) is 1. The summed E-state index contributed by atoms with van der Waals surface area (Å²) in [5, 5.41) is 0. The summed E-state index contributed by atoms with van der Waals surface area (Å²) in [6.07, 6.45) is 0. The monoisotopic (exact) mass is 322 g/mol. The van der Waals surface area contributed by atoms with Crippen molar-refractivity contribution in [3.05, 3.63) is 41.6 Å². The van der Waals surface area contributed by atoms with Crippen molar-refractivity contribution in [2.75, 3.05) is 18.9 Å². The molecule has 0 spiro atoms. The van der Waals surface area contributed by atoms with Crippen molar-refractivity contribution in [2.24, 2.45) is 0 Å². The molecule has 1 aromatic heterocycles. The largest absolute Gasteiger partial charge is 0.497 e. The number of nitrogens with one attached hydrogen (secondary N) is 1. The molecule has 2 aromatic rings. The number of methoxy groups -OCH3 is 2. The number of anilines is 1. The molecule has 118 valence electrons. The molecule has 0 aliphatic heterocycles. The van der Waals surface area contributed by atoms with Crippen molar-refractivity contribution in [2.45, 2.75) is 18.7 Å². The van der Waals surface area contributed by atoms with Crippen LogP contribution in [0.1, 0.15) is 11.3 Å². The van der Waals surface area contributed by atoms with E-state index in [2.05, 4.69) is 9.71 Å². The van der Waals surface area contributed by atoms with Crippen molar-refractivity contribution in [3.63, 3.8) is 0 Å². The van der Waals surface area contributed by atoms with Crippen LogP contribution in [0.5, 0.6) is 11.5 Å². The molecule has 22 heavy (non-hydrogen) atoms. The predicted octanol–water partition coefficient (Wildman–Crippen LogP) is 2.52. The maximum atomic E-state index is 12.5. The maximum absolute atomic E-state index is 12.5. The van der Waals surface area contributed by atoms with Crippen LogP contribution >= 0.6 is 0 Å². The number of rotatable bonds is 5. The highest BCUT2D eigenvalue weighted by molar-refractivity contribution is 7.92. The van der Waals surface area contributed by atoms with Gasteiger partial charge in [0, 0.05) is 11.8 Å². The normalized spacial score (nSPS) is 11.1. The smallest absolute Gasteiger partial charge is 0.266 e. The first kappa shape index (κ1) is 16.1. The molecule has 1 aromatic carbocycles. The van der Waals surface area contributed by atoms with Gasteiger partial charge in [-0.3, -0.25) is 4.72 Å². The van der Waals surface area contributed by atoms with E-state index in [9.17, 15) is 8.42 Å². The first-order valence-electron chi connectivity index (χ1n) is 6.56. The van der Waals surface area contributed by atoms with Gasteiger partial charge >= 0.3 is 0 Å². The molecule has 0 saturated heterocycles. The molecule has 2 rings (SSSR count). The van der Waals surface area contributed by atoms with Crippen molar-refractivity contribution in [1.82, 2.24) is 4.98 Å². The van der Waals surface area contributed by atoms with Gasteiger partial charge in [0.25, 0.3) is 10.0 Å². The third kappa shape index (κ3) is 3.48. The summed E-state index contributed by atoms with van der Waals surface area (Å²) in [6.45, 7) is 3.68. The summed E-state index contributed by atoms with van der Waals surface area (Å²) in [4.78, 5) is 4.20. The molecule has 0 amide bonds. The van der Waals surface area contributed by atoms with Crippen LogP contribution in [0.15, 0.2) is 35.2 Å². The Bertz CT molecular complexity index is 768. The van der Waals surface area contributed by atoms with Gasteiger partial charge in [0.15, 0.2) is 0 Å². The molecule has 0 aliphatic rings. The zero-order valence-electron chi connectivity index (χ0n) is 12.9. The minimum Gasteiger partial charge on any atom is -0.497 e. The lowest BCUT2D eigenvalue weighted by atomic mass is 10.2. The van der Waals surface area contributed by atoms with Crippen LogP contribution in [0, 0.1) is 13.8 Å². The van der Waals surface area contributed by atoms with Gasteiger partial charge in [-0.15, -0.1) is 0 Å². The minimum absolute atomic E-state index is 0.0248. The van der Waals surface area contributed by atoms with E-state index in [1.165, 1.54) is 26.4 Å². The third-order valence-electron chi connectivity index (χ3n) is 3.00. The highest BCUT2D eigenvalue weighted by atomic mass is 32.2. The standard InChI is InChI=1S/C15H18N2O4S/c1-10-7-11(2)16-15(8-10)17-22(18,19)14-6-5-12(20-3)9-13(14)21-4/h5-9H,1-4H3,(H,16,17). The summed E-state index contributed by atoms with van der Waals surface area (Å²) in [6, 6.07) is 8.05. The van der Waals surface area contributed by atoms with Gasteiger partial charge in [0.1, 0.15) is 22.2 Å². The van der Waals surface area contributed by atoms with Crippen LogP contribution in [-0.2, 0) is 10.0 Å². The molecule has 0 radical (unpaired) electrons. The number of sulfonamides is 1. The fourth-order valence-corrected chi connectivity index (χ4v) is 3.23. The van der Waals surface area contributed by atoms with E-state index in [0.29, 0.717) is 5.75 Å². The number of benzene rings is 1. The second-order valence-corrected chi connectivity index (χ2v) is 6.44. The number of hydrogen-bond acceptors (Lipinski definition) is 5. The number of aromatic nitrogens is 1. The number of ether oxygens (including phenoxy) is 2. The Kier molecular flexibility index (Phi) is 4.56. The van der Waals surface area contributed by atoms with Gasteiger partial charge in [0.05, 0.1) is 14.2 Å². The van der Waals surface area contributed by atoms with E-state index in [4.69, 9.17) is 9.47 Å². The lowest BCUT2D eigenvalue weighted by molar-refractivity contribution is 0.386. The van der Waals surface area contributed by atoms with Crippen LogP contribution in [-0.4, -0.2) is 27.6 Å². The first-order chi connectivity index (χ1) is 10.4. The lowest BCUT2D eigenvalue weighted by Gasteiger charge is -2.13. The molecular formula is C15H18N2O4S. The zero-order chi connectivity index (χ0) is 16.3. The summed E-state index contributed by atoms with van der Waals surface area (Å²) < 4.78 is 37.7. The molecule has 0 atom stereocenters. The molecule has 1 heterocycles. The van der Waals surface area contributed by atoms with Crippen LogP contribution < -0.4 is 14.2 Å². The van der Waals surface area contributed by atoms with E-state index < -0.39 is 10.0 Å². The first-order valence-corrected chi connectivity index (χ1v) is 8.04. The third-order valence-corrected chi connectivity index (χ3v) is 4.39. The minimum atomic E-state index is -3.81. The summed E-state index contributed by atoms with van der Waals surface area (Å²) in [5.41, 5.74) is 1.66. The molecular weight excluding hydrogens is 304 g/mol. The van der Waals surface area contributed by atoms with E-state index in [0.717, 1.165) is 11.3 Å². The quantitative estimate of drug-likeness (QED) is 0.915. The highest BCUT2D eigenvalue weighted by Crippen LogP contribution is 2.29. The molecule has 0 aliphatic carbocycles. The van der Waals surface area contributed by atoms with Crippen LogP contribution in [0.25, 0.3) is 0 Å². The van der Waals surface area contributed by atoms with Gasteiger partial charge in [0.2, 0.25) is 0 Å². The molecule has 0 unspecified atom stereocenters. The van der Waals surface area contributed by atoms with E-state index in [-0.39, 0.29) is 16.5 Å². The zero-order valence-corrected chi connectivity index (χ0v) is 13.7. The number of pyridine rings is 1. The Morgan fingerprint density at radius 1 is 1.05 bits per heavy atom. The molecule has 6 nitrogen and oxygen atoms in total. The maximum Gasteiger partial charge on any atom is 0.266 e. The number of hydrogen-bond donors (Lipinski definition) is 1. The Labute approximate surface area is 130 Å². The fourth-order valence-electron chi connectivity index (χ4n) is 2.08. The Morgan fingerprint density at radius 3 is 2.36 bits per heavy atom. The molecule has 0 fully saturated rings. The van der Waals surface area contributed by atoms with Crippen molar-refractivity contribution >= 4 is 15.8 Å². The van der Waals surface area contributed by atoms with Gasteiger partial charge in [-0.05, 0) is 43.7 Å². The Balaban J connectivity index is 2.42. The summed E-state index contributed by atoms with van der Waals surface area (Å²) in [7, 11) is -0.901. The van der Waals surface area contributed by atoms with Crippen LogP contribution in [0.3, 0.4) is 0 Å². The van der Waals surface area contributed by atoms with Crippen molar-refractivity contribution in [3.8, 4) is 11.5 Å². The van der Waals surface area contributed by atoms with Gasteiger partial charge in [-0.2, -0.15) is 0 Å².